The normalized spacial score (nSPS) is 18.4. The largest absolute Gasteiger partial charge is 0.472 e. The maximum Gasteiger partial charge on any atom is 0.214 e. The molecule has 4 nitrogen and oxygen atoms in total. The van der Waals surface area contributed by atoms with Gasteiger partial charge in [-0.25, -0.2) is 4.98 Å². The molecule has 0 radical (unpaired) electrons. The van der Waals surface area contributed by atoms with Crippen LogP contribution in [0.25, 0.3) is 0 Å². The summed E-state index contributed by atoms with van der Waals surface area (Å²) in [7, 11) is 0. The maximum atomic E-state index is 5.97. The minimum absolute atomic E-state index is 0.158. The Bertz CT molecular complexity index is 429. The predicted octanol–water partition coefficient (Wildman–Crippen LogP) is 2.95. The van der Waals surface area contributed by atoms with Gasteiger partial charge in [0.05, 0.1) is 13.2 Å². The van der Waals surface area contributed by atoms with Crippen molar-refractivity contribution in [3.63, 3.8) is 0 Å². The van der Waals surface area contributed by atoms with Crippen molar-refractivity contribution in [1.29, 1.82) is 0 Å². The van der Waals surface area contributed by atoms with Gasteiger partial charge in [0, 0.05) is 24.7 Å². The summed E-state index contributed by atoms with van der Waals surface area (Å²) in [6.45, 7) is 9.99. The Morgan fingerprint density at radius 2 is 2.29 bits per heavy atom. The van der Waals surface area contributed by atoms with Gasteiger partial charge in [-0.05, 0) is 30.5 Å². The Kier molecular flexibility index (Phi) is 6.46. The van der Waals surface area contributed by atoms with Crippen LogP contribution < -0.4 is 10.1 Å². The average molecular weight is 292 g/mol. The van der Waals surface area contributed by atoms with E-state index in [4.69, 9.17) is 9.47 Å². The topological polar surface area (TPSA) is 43.4 Å². The zero-order valence-corrected chi connectivity index (χ0v) is 13.5. The van der Waals surface area contributed by atoms with Gasteiger partial charge in [-0.15, -0.1) is 0 Å². The van der Waals surface area contributed by atoms with E-state index in [9.17, 15) is 0 Å². The van der Waals surface area contributed by atoms with E-state index in [0.717, 1.165) is 50.5 Å². The zero-order valence-electron chi connectivity index (χ0n) is 13.5. The van der Waals surface area contributed by atoms with Crippen molar-refractivity contribution in [3.8, 4) is 5.88 Å². The van der Waals surface area contributed by atoms with Gasteiger partial charge >= 0.3 is 0 Å². The van der Waals surface area contributed by atoms with Crippen LogP contribution in [0.1, 0.15) is 44.9 Å². The van der Waals surface area contributed by atoms with Crippen LogP contribution in [-0.4, -0.2) is 30.8 Å². The molecule has 1 aliphatic rings. The summed E-state index contributed by atoms with van der Waals surface area (Å²) in [5, 5.41) is 3.48. The molecule has 1 aromatic rings. The molecule has 2 rings (SSSR count). The average Bonchev–Trinajstić information content (AvgIpc) is 2.91. The molecule has 0 aliphatic carbocycles. The number of aryl methyl sites for hydroxylation is 1. The van der Waals surface area contributed by atoms with E-state index >= 15 is 0 Å². The van der Waals surface area contributed by atoms with Gasteiger partial charge < -0.3 is 14.8 Å². The lowest BCUT2D eigenvalue weighted by Crippen LogP contribution is -2.20. The van der Waals surface area contributed by atoms with Gasteiger partial charge in [0.15, 0.2) is 0 Å². The highest BCUT2D eigenvalue weighted by molar-refractivity contribution is 5.25. The van der Waals surface area contributed by atoms with E-state index in [1.807, 2.05) is 0 Å². The van der Waals surface area contributed by atoms with E-state index in [-0.39, 0.29) is 6.10 Å². The van der Waals surface area contributed by atoms with Crippen LogP contribution in [0.2, 0.25) is 0 Å². The van der Waals surface area contributed by atoms with Crippen molar-refractivity contribution in [2.24, 2.45) is 5.92 Å². The lowest BCUT2D eigenvalue weighted by atomic mass is 10.1. The monoisotopic (exact) mass is 292 g/mol. The van der Waals surface area contributed by atoms with Crippen LogP contribution in [0.3, 0.4) is 0 Å². The fourth-order valence-electron chi connectivity index (χ4n) is 2.45. The summed E-state index contributed by atoms with van der Waals surface area (Å²) in [5.41, 5.74) is 2.37. The summed E-state index contributed by atoms with van der Waals surface area (Å²) < 4.78 is 11.3. The SMILES string of the molecule is CCCc1cc(CNCC(C)C)cc(OC2CCOC2)n1. The van der Waals surface area contributed by atoms with Gasteiger partial charge in [-0.1, -0.05) is 27.2 Å². The first-order chi connectivity index (χ1) is 10.2. The molecule has 21 heavy (non-hydrogen) atoms. The lowest BCUT2D eigenvalue weighted by Gasteiger charge is -2.14. The van der Waals surface area contributed by atoms with Crippen LogP contribution >= 0.6 is 0 Å². The van der Waals surface area contributed by atoms with Crippen LogP contribution in [0, 0.1) is 5.92 Å². The number of aromatic nitrogens is 1. The molecule has 1 fully saturated rings. The second kappa shape index (κ2) is 8.35. The van der Waals surface area contributed by atoms with Gasteiger partial charge in [-0.2, -0.15) is 0 Å². The highest BCUT2D eigenvalue weighted by Crippen LogP contribution is 2.18. The number of rotatable bonds is 8. The third-order valence-electron chi connectivity index (χ3n) is 3.48. The van der Waals surface area contributed by atoms with Crippen molar-refractivity contribution in [3.05, 3.63) is 23.4 Å². The van der Waals surface area contributed by atoms with E-state index in [1.165, 1.54) is 5.56 Å². The summed E-state index contributed by atoms with van der Waals surface area (Å²) in [6.07, 6.45) is 3.21. The highest BCUT2D eigenvalue weighted by Gasteiger charge is 2.18. The van der Waals surface area contributed by atoms with Crippen molar-refractivity contribution >= 4 is 0 Å². The number of hydrogen-bond acceptors (Lipinski definition) is 4. The van der Waals surface area contributed by atoms with E-state index in [0.29, 0.717) is 12.5 Å². The minimum atomic E-state index is 0.158. The van der Waals surface area contributed by atoms with Crippen molar-refractivity contribution in [2.45, 2.75) is 52.7 Å². The standard InChI is InChI=1S/C17H28N2O2/c1-4-5-15-8-14(11-18-10-13(2)3)9-17(19-15)21-16-6-7-20-12-16/h8-9,13,16,18H,4-7,10-12H2,1-3H3. The first-order valence-corrected chi connectivity index (χ1v) is 8.12. The van der Waals surface area contributed by atoms with Gasteiger partial charge in [0.2, 0.25) is 5.88 Å². The number of pyridine rings is 1. The maximum absolute atomic E-state index is 5.97. The number of hydrogen-bond donors (Lipinski definition) is 1. The molecule has 0 amide bonds. The number of ether oxygens (including phenoxy) is 2. The second-order valence-electron chi connectivity index (χ2n) is 6.18. The van der Waals surface area contributed by atoms with Gasteiger partial charge in [0.1, 0.15) is 6.10 Å². The molecule has 118 valence electrons. The highest BCUT2D eigenvalue weighted by atomic mass is 16.5. The van der Waals surface area contributed by atoms with E-state index in [2.05, 4.69) is 43.2 Å². The Balaban J connectivity index is 2.01. The summed E-state index contributed by atoms with van der Waals surface area (Å²) in [6, 6.07) is 4.25. The second-order valence-corrected chi connectivity index (χ2v) is 6.18. The molecular formula is C17H28N2O2. The molecular weight excluding hydrogens is 264 g/mol. The molecule has 0 spiro atoms. The summed E-state index contributed by atoms with van der Waals surface area (Å²) >= 11 is 0. The van der Waals surface area contributed by atoms with E-state index < -0.39 is 0 Å². The molecule has 1 atom stereocenters. The molecule has 0 aromatic carbocycles. The third-order valence-corrected chi connectivity index (χ3v) is 3.48. The minimum Gasteiger partial charge on any atom is -0.472 e. The molecule has 1 aromatic heterocycles. The molecule has 0 saturated carbocycles. The fraction of sp³-hybridized carbons (Fsp3) is 0.706. The van der Waals surface area contributed by atoms with E-state index in [1.54, 1.807) is 0 Å². The first kappa shape index (κ1) is 16.2. The lowest BCUT2D eigenvalue weighted by molar-refractivity contribution is 0.138. The first-order valence-electron chi connectivity index (χ1n) is 8.12. The molecule has 4 heteroatoms. The Morgan fingerprint density at radius 1 is 1.43 bits per heavy atom. The fourth-order valence-corrected chi connectivity index (χ4v) is 2.45. The van der Waals surface area contributed by atoms with Crippen LogP contribution in [0.4, 0.5) is 0 Å². The van der Waals surface area contributed by atoms with Crippen molar-refractivity contribution < 1.29 is 9.47 Å². The molecule has 1 unspecified atom stereocenters. The summed E-state index contributed by atoms with van der Waals surface area (Å²) in [5.74, 6) is 1.41. The number of nitrogens with zero attached hydrogens (tertiary/aromatic N) is 1. The van der Waals surface area contributed by atoms with Crippen molar-refractivity contribution in [1.82, 2.24) is 10.3 Å². The molecule has 0 bridgehead atoms. The van der Waals surface area contributed by atoms with Crippen molar-refractivity contribution in [2.75, 3.05) is 19.8 Å². The Labute approximate surface area is 128 Å². The number of nitrogens with one attached hydrogen (secondary N) is 1. The molecule has 1 saturated heterocycles. The molecule has 1 N–H and O–H groups in total. The third kappa shape index (κ3) is 5.64. The zero-order chi connectivity index (χ0) is 15.1. The molecule has 2 heterocycles. The Morgan fingerprint density at radius 3 is 2.95 bits per heavy atom. The van der Waals surface area contributed by atoms with Gasteiger partial charge in [0.25, 0.3) is 0 Å². The quantitative estimate of drug-likeness (QED) is 0.800. The van der Waals surface area contributed by atoms with Crippen LogP contribution in [-0.2, 0) is 17.7 Å². The van der Waals surface area contributed by atoms with Crippen LogP contribution in [0.5, 0.6) is 5.88 Å². The summed E-state index contributed by atoms with van der Waals surface area (Å²) in [4.78, 5) is 4.62. The predicted molar refractivity (Wildman–Crippen MR) is 84.6 cm³/mol. The molecule has 1 aliphatic heterocycles. The van der Waals surface area contributed by atoms with Crippen LogP contribution in [0.15, 0.2) is 12.1 Å². The smallest absolute Gasteiger partial charge is 0.214 e. The Hall–Kier alpha value is -1.13. The van der Waals surface area contributed by atoms with Gasteiger partial charge in [-0.3, -0.25) is 0 Å².